The van der Waals surface area contributed by atoms with Crippen LogP contribution in [0, 0.1) is 0 Å². The Kier molecular flexibility index (Phi) is 8.57. The summed E-state index contributed by atoms with van der Waals surface area (Å²) in [7, 11) is 0. The fraction of sp³-hybridized carbons (Fsp3) is 0.600. The Balaban J connectivity index is 0.00000200. The van der Waals surface area contributed by atoms with Crippen LogP contribution in [0.5, 0.6) is 0 Å². The van der Waals surface area contributed by atoms with E-state index in [9.17, 15) is 0 Å². The van der Waals surface area contributed by atoms with E-state index in [0.717, 1.165) is 12.1 Å². The van der Waals surface area contributed by atoms with Gasteiger partial charge in [-0.2, -0.15) is 0 Å². The van der Waals surface area contributed by atoms with E-state index in [0.29, 0.717) is 18.5 Å². The molecule has 1 fully saturated rings. The summed E-state index contributed by atoms with van der Waals surface area (Å²) < 4.78 is 0. The van der Waals surface area contributed by atoms with E-state index in [1.807, 2.05) is 24.4 Å². The monoisotopic (exact) mass is 388 g/mol. The molecule has 1 aromatic heterocycles. The molecule has 0 saturated heterocycles. The van der Waals surface area contributed by atoms with Crippen LogP contribution >= 0.6 is 24.0 Å². The number of aliphatic imine (C=N–C) groups is 1. The molecule has 0 aliphatic heterocycles. The third-order valence-corrected chi connectivity index (χ3v) is 3.58. The minimum Gasteiger partial charge on any atom is -0.370 e. The van der Waals surface area contributed by atoms with Crippen LogP contribution in [0.1, 0.15) is 44.2 Å². The molecule has 3 N–H and O–H groups in total. The molecule has 0 aromatic carbocycles. The minimum absolute atomic E-state index is 0. The van der Waals surface area contributed by atoms with Gasteiger partial charge in [0.05, 0.1) is 0 Å². The van der Waals surface area contributed by atoms with Gasteiger partial charge in [-0.1, -0.05) is 31.7 Å². The van der Waals surface area contributed by atoms with E-state index >= 15 is 0 Å². The highest BCUT2D eigenvalue weighted by Crippen LogP contribution is 2.16. The number of rotatable bonds is 4. The van der Waals surface area contributed by atoms with Gasteiger partial charge in [-0.3, -0.25) is 9.98 Å². The average molecular weight is 388 g/mol. The zero-order chi connectivity index (χ0) is 13.3. The molecule has 0 amide bonds. The van der Waals surface area contributed by atoms with Gasteiger partial charge in [0.2, 0.25) is 0 Å². The molecule has 0 atom stereocenters. The maximum absolute atomic E-state index is 5.94. The largest absolute Gasteiger partial charge is 0.370 e. The summed E-state index contributed by atoms with van der Waals surface area (Å²) in [6, 6.07) is 6.46. The van der Waals surface area contributed by atoms with E-state index in [-0.39, 0.29) is 24.0 Å². The molecule has 1 saturated carbocycles. The molecule has 112 valence electrons. The van der Waals surface area contributed by atoms with Crippen LogP contribution in [0.25, 0.3) is 0 Å². The lowest BCUT2D eigenvalue weighted by atomic mass is 10.1. The summed E-state index contributed by atoms with van der Waals surface area (Å²) in [5.41, 5.74) is 7.00. The summed E-state index contributed by atoms with van der Waals surface area (Å²) in [6.07, 6.45) is 10.4. The smallest absolute Gasteiger partial charge is 0.188 e. The third kappa shape index (κ3) is 6.54. The fourth-order valence-corrected chi connectivity index (χ4v) is 2.52. The first-order valence-corrected chi connectivity index (χ1v) is 7.31. The number of nitrogens with zero attached hydrogens (tertiary/aromatic N) is 2. The van der Waals surface area contributed by atoms with E-state index < -0.39 is 0 Å². The van der Waals surface area contributed by atoms with Crippen LogP contribution in [0.4, 0.5) is 0 Å². The Bertz CT molecular complexity index is 386. The van der Waals surface area contributed by atoms with Crippen molar-refractivity contribution in [2.75, 3.05) is 6.54 Å². The Morgan fingerprint density at radius 2 is 2.00 bits per heavy atom. The molecule has 5 heteroatoms. The molecule has 0 unspecified atom stereocenters. The number of nitrogens with one attached hydrogen (secondary N) is 1. The highest BCUT2D eigenvalue weighted by molar-refractivity contribution is 14.0. The number of hydrogen-bond acceptors (Lipinski definition) is 2. The molecule has 4 nitrogen and oxygen atoms in total. The SMILES string of the molecule is I.NC(=NCCc1ccccn1)NC1CCCCCC1. The average Bonchev–Trinajstić information content (AvgIpc) is 2.68. The zero-order valence-corrected chi connectivity index (χ0v) is 14.3. The Morgan fingerprint density at radius 1 is 1.25 bits per heavy atom. The lowest BCUT2D eigenvalue weighted by Gasteiger charge is -2.16. The number of aromatic nitrogens is 1. The molecule has 1 aromatic rings. The van der Waals surface area contributed by atoms with Gasteiger partial charge in [-0.05, 0) is 25.0 Å². The molecule has 0 radical (unpaired) electrons. The summed E-state index contributed by atoms with van der Waals surface area (Å²) >= 11 is 0. The van der Waals surface area contributed by atoms with Gasteiger partial charge in [0.1, 0.15) is 0 Å². The highest BCUT2D eigenvalue weighted by Gasteiger charge is 2.11. The Hall–Kier alpha value is -0.850. The molecular formula is C15H25IN4. The third-order valence-electron chi connectivity index (χ3n) is 3.58. The molecule has 1 heterocycles. The van der Waals surface area contributed by atoms with Crippen molar-refractivity contribution in [3.8, 4) is 0 Å². The van der Waals surface area contributed by atoms with Gasteiger partial charge in [-0.25, -0.2) is 0 Å². The van der Waals surface area contributed by atoms with Crippen LogP contribution in [0.2, 0.25) is 0 Å². The van der Waals surface area contributed by atoms with Crippen LogP contribution in [-0.2, 0) is 6.42 Å². The van der Waals surface area contributed by atoms with Gasteiger partial charge in [0, 0.05) is 30.9 Å². The summed E-state index contributed by atoms with van der Waals surface area (Å²) in [6.45, 7) is 0.697. The van der Waals surface area contributed by atoms with Crippen molar-refractivity contribution in [1.29, 1.82) is 0 Å². The maximum Gasteiger partial charge on any atom is 0.188 e. The normalized spacial score (nSPS) is 17.1. The number of hydrogen-bond donors (Lipinski definition) is 2. The van der Waals surface area contributed by atoms with Crippen LogP contribution < -0.4 is 11.1 Å². The second kappa shape index (κ2) is 9.96. The molecule has 20 heavy (non-hydrogen) atoms. The van der Waals surface area contributed by atoms with Crippen molar-refractivity contribution >= 4 is 29.9 Å². The van der Waals surface area contributed by atoms with Crippen molar-refractivity contribution in [3.63, 3.8) is 0 Å². The van der Waals surface area contributed by atoms with Crippen molar-refractivity contribution in [2.45, 2.75) is 51.0 Å². The standard InChI is InChI=1S/C15H24N4.HI/c16-15(19-14-8-3-1-2-4-9-14)18-12-10-13-7-5-6-11-17-13;/h5-7,11,14H,1-4,8-10,12H2,(H3,16,18,19);1H. The van der Waals surface area contributed by atoms with Gasteiger partial charge in [0.25, 0.3) is 0 Å². The molecule has 0 spiro atoms. The van der Waals surface area contributed by atoms with Gasteiger partial charge >= 0.3 is 0 Å². The molecule has 1 aliphatic rings. The fourth-order valence-electron chi connectivity index (χ4n) is 2.52. The zero-order valence-electron chi connectivity index (χ0n) is 11.9. The van der Waals surface area contributed by atoms with Crippen molar-refractivity contribution in [1.82, 2.24) is 10.3 Å². The maximum atomic E-state index is 5.94. The summed E-state index contributed by atoms with van der Waals surface area (Å²) in [5, 5.41) is 3.35. The Labute approximate surface area is 138 Å². The molecule has 2 rings (SSSR count). The van der Waals surface area contributed by atoms with E-state index in [4.69, 9.17) is 5.73 Å². The van der Waals surface area contributed by atoms with Crippen molar-refractivity contribution < 1.29 is 0 Å². The van der Waals surface area contributed by atoms with Crippen LogP contribution in [0.3, 0.4) is 0 Å². The second-order valence-electron chi connectivity index (χ2n) is 5.17. The first-order chi connectivity index (χ1) is 9.34. The Morgan fingerprint density at radius 3 is 2.65 bits per heavy atom. The van der Waals surface area contributed by atoms with E-state index in [1.165, 1.54) is 38.5 Å². The summed E-state index contributed by atoms with van der Waals surface area (Å²) in [5.74, 6) is 0.586. The lowest BCUT2D eigenvalue weighted by Crippen LogP contribution is -2.40. The van der Waals surface area contributed by atoms with Crippen LogP contribution in [-0.4, -0.2) is 23.5 Å². The topological polar surface area (TPSA) is 63.3 Å². The summed E-state index contributed by atoms with van der Waals surface area (Å²) in [4.78, 5) is 8.66. The van der Waals surface area contributed by atoms with Crippen molar-refractivity contribution in [2.24, 2.45) is 10.7 Å². The first kappa shape index (κ1) is 17.2. The molecule has 0 bridgehead atoms. The van der Waals surface area contributed by atoms with E-state index in [1.54, 1.807) is 0 Å². The van der Waals surface area contributed by atoms with Gasteiger partial charge in [0.15, 0.2) is 5.96 Å². The lowest BCUT2D eigenvalue weighted by molar-refractivity contribution is 0.530. The number of guanidine groups is 1. The van der Waals surface area contributed by atoms with E-state index in [2.05, 4.69) is 15.3 Å². The van der Waals surface area contributed by atoms with Crippen LogP contribution in [0.15, 0.2) is 29.4 Å². The minimum atomic E-state index is 0. The molecular weight excluding hydrogens is 363 g/mol. The number of nitrogens with two attached hydrogens (primary N) is 1. The second-order valence-corrected chi connectivity index (χ2v) is 5.17. The van der Waals surface area contributed by atoms with Gasteiger partial charge in [-0.15, -0.1) is 24.0 Å². The predicted octanol–water partition coefficient (Wildman–Crippen LogP) is 2.87. The van der Waals surface area contributed by atoms with Gasteiger partial charge < -0.3 is 11.1 Å². The predicted molar refractivity (Wildman–Crippen MR) is 94.5 cm³/mol. The number of pyridine rings is 1. The van der Waals surface area contributed by atoms with Crippen molar-refractivity contribution in [3.05, 3.63) is 30.1 Å². The quantitative estimate of drug-likeness (QED) is 0.361. The highest BCUT2D eigenvalue weighted by atomic mass is 127. The number of halogens is 1. The molecule has 1 aliphatic carbocycles. The first-order valence-electron chi connectivity index (χ1n) is 7.31.